The van der Waals surface area contributed by atoms with Gasteiger partial charge in [0.25, 0.3) is 10.1 Å². The smallest absolute Gasteiger partial charge is 0.271 e. The average molecular weight is 315 g/mol. The van der Waals surface area contributed by atoms with Gasteiger partial charge in [-0.3, -0.25) is 9.54 Å². The molecule has 106 valence electrons. The summed E-state index contributed by atoms with van der Waals surface area (Å²) in [5.74, 6) is -0.381. The minimum atomic E-state index is -3.99. The van der Waals surface area contributed by atoms with Crippen LogP contribution in [0.4, 0.5) is 0 Å². The first kappa shape index (κ1) is 14.8. The largest absolute Gasteiger partial charge is 0.285 e. The summed E-state index contributed by atoms with van der Waals surface area (Å²) in [5, 5.41) is 4.59. The molecule has 6 nitrogen and oxygen atoms in total. The molecular formula is C12H13ClN3O3S+. The fraction of sp³-hybridized carbons (Fsp3) is 0.250. The van der Waals surface area contributed by atoms with Crippen LogP contribution in [0.1, 0.15) is 5.56 Å². The molecule has 0 aliphatic rings. The molecule has 20 heavy (non-hydrogen) atoms. The van der Waals surface area contributed by atoms with Crippen molar-refractivity contribution in [3.8, 4) is 11.3 Å². The Kier molecular flexibility index (Phi) is 4.32. The molecule has 0 aliphatic heterocycles. The van der Waals surface area contributed by atoms with Crippen molar-refractivity contribution in [1.29, 1.82) is 0 Å². The van der Waals surface area contributed by atoms with Crippen LogP contribution in [-0.4, -0.2) is 28.8 Å². The van der Waals surface area contributed by atoms with E-state index in [1.165, 1.54) is 4.68 Å². The lowest BCUT2D eigenvalue weighted by Gasteiger charge is -2.02. The Morgan fingerprint density at radius 3 is 2.70 bits per heavy atom. The summed E-state index contributed by atoms with van der Waals surface area (Å²) in [5.41, 5.74) is 2.32. The van der Waals surface area contributed by atoms with E-state index in [9.17, 15) is 8.42 Å². The number of nitrogens with zero attached hydrogens (tertiary/aromatic N) is 3. The van der Waals surface area contributed by atoms with Gasteiger partial charge in [0.15, 0.2) is 12.7 Å². The van der Waals surface area contributed by atoms with Crippen molar-refractivity contribution in [2.24, 2.45) is 0 Å². The predicted molar refractivity (Wildman–Crippen MR) is 73.8 cm³/mol. The molecule has 8 heteroatoms. The first-order chi connectivity index (χ1) is 9.35. The predicted octanol–water partition coefficient (Wildman–Crippen LogP) is 1.28. The van der Waals surface area contributed by atoms with Gasteiger partial charge in [-0.05, 0) is 23.7 Å². The summed E-state index contributed by atoms with van der Waals surface area (Å²) < 4.78 is 31.4. The fourth-order valence-electron chi connectivity index (χ4n) is 1.61. The summed E-state index contributed by atoms with van der Waals surface area (Å²) >= 11 is 6.12. The number of hydrogen-bond donors (Lipinski definition) is 1. The fourth-order valence-corrected chi connectivity index (χ4v) is 2.36. The van der Waals surface area contributed by atoms with E-state index in [2.05, 4.69) is 10.1 Å². The molecule has 2 rings (SSSR count). The van der Waals surface area contributed by atoms with E-state index in [-0.39, 0.29) is 12.3 Å². The second kappa shape index (κ2) is 5.82. The number of aromatic nitrogens is 3. The van der Waals surface area contributed by atoms with Crippen LogP contribution in [0.5, 0.6) is 0 Å². The van der Waals surface area contributed by atoms with Crippen molar-refractivity contribution in [2.75, 3.05) is 5.75 Å². The van der Waals surface area contributed by atoms with Crippen LogP contribution >= 0.6 is 11.6 Å². The van der Waals surface area contributed by atoms with Crippen LogP contribution in [0.15, 0.2) is 30.7 Å². The Bertz CT molecular complexity index is 717. The number of pyridine rings is 1. The SMILES string of the molecule is Cc1cnc(-c2cc[n+](CCS(=O)(=O)O)nc2)c(Cl)c1. The van der Waals surface area contributed by atoms with E-state index in [1.54, 1.807) is 24.7 Å². The van der Waals surface area contributed by atoms with E-state index >= 15 is 0 Å². The van der Waals surface area contributed by atoms with E-state index in [1.807, 2.05) is 13.0 Å². The second-order valence-corrected chi connectivity index (χ2v) is 6.29. The highest BCUT2D eigenvalue weighted by molar-refractivity contribution is 7.85. The quantitative estimate of drug-likeness (QED) is 0.679. The molecule has 0 unspecified atom stereocenters. The van der Waals surface area contributed by atoms with Crippen LogP contribution in [0.3, 0.4) is 0 Å². The highest BCUT2D eigenvalue weighted by Gasteiger charge is 2.12. The molecule has 0 spiro atoms. The normalized spacial score (nSPS) is 11.6. The Hall–Kier alpha value is -1.57. The zero-order valence-corrected chi connectivity index (χ0v) is 12.3. The number of aryl methyl sites for hydroxylation is 2. The molecular weight excluding hydrogens is 302 g/mol. The van der Waals surface area contributed by atoms with Crippen LogP contribution < -0.4 is 4.68 Å². The second-order valence-electron chi connectivity index (χ2n) is 4.31. The van der Waals surface area contributed by atoms with Crippen molar-refractivity contribution >= 4 is 21.7 Å². The zero-order valence-electron chi connectivity index (χ0n) is 10.7. The third-order valence-corrected chi connectivity index (χ3v) is 3.59. The van der Waals surface area contributed by atoms with Crippen molar-refractivity contribution < 1.29 is 17.7 Å². The molecule has 0 amide bonds. The molecule has 0 saturated carbocycles. The molecule has 2 aromatic rings. The monoisotopic (exact) mass is 314 g/mol. The van der Waals surface area contributed by atoms with Crippen molar-refractivity contribution in [2.45, 2.75) is 13.5 Å². The molecule has 0 fully saturated rings. The lowest BCUT2D eigenvalue weighted by molar-refractivity contribution is -0.750. The van der Waals surface area contributed by atoms with Gasteiger partial charge in [-0.15, -0.1) is 0 Å². The molecule has 0 radical (unpaired) electrons. The Morgan fingerprint density at radius 1 is 1.40 bits per heavy atom. The summed E-state index contributed by atoms with van der Waals surface area (Å²) in [6, 6.07) is 3.55. The number of hydrogen-bond acceptors (Lipinski definition) is 4. The van der Waals surface area contributed by atoms with Gasteiger partial charge in [-0.2, -0.15) is 8.42 Å². The van der Waals surface area contributed by atoms with Crippen LogP contribution in [-0.2, 0) is 16.7 Å². The highest BCUT2D eigenvalue weighted by Crippen LogP contribution is 2.24. The lowest BCUT2D eigenvalue weighted by Crippen LogP contribution is -2.40. The van der Waals surface area contributed by atoms with Crippen LogP contribution in [0, 0.1) is 6.92 Å². The molecule has 0 saturated heterocycles. The topological polar surface area (TPSA) is 84.0 Å². The lowest BCUT2D eigenvalue weighted by atomic mass is 10.2. The van der Waals surface area contributed by atoms with Gasteiger partial charge in [-0.1, -0.05) is 16.3 Å². The standard InChI is InChI=1S/C12H12ClN3O3S/c1-9-6-11(13)12(14-7-9)10-2-3-16(15-8-10)4-5-20(17,18)19/h2-3,6-8H,4-5H2,1H3/p+1. The molecule has 0 atom stereocenters. The van der Waals surface area contributed by atoms with Crippen molar-refractivity contribution in [1.82, 2.24) is 10.1 Å². The molecule has 2 aromatic heterocycles. The first-order valence-electron chi connectivity index (χ1n) is 5.78. The minimum absolute atomic E-state index is 0.0776. The maximum Gasteiger partial charge on any atom is 0.271 e. The molecule has 0 aliphatic carbocycles. The van der Waals surface area contributed by atoms with Gasteiger partial charge in [0, 0.05) is 17.8 Å². The summed E-state index contributed by atoms with van der Waals surface area (Å²) in [6.07, 6.45) is 4.87. The van der Waals surface area contributed by atoms with Crippen molar-refractivity contribution in [3.63, 3.8) is 0 Å². The van der Waals surface area contributed by atoms with Gasteiger partial charge < -0.3 is 0 Å². The third kappa shape index (κ3) is 3.96. The highest BCUT2D eigenvalue weighted by atomic mass is 35.5. The summed E-state index contributed by atoms with van der Waals surface area (Å²) in [4.78, 5) is 4.25. The van der Waals surface area contributed by atoms with Crippen LogP contribution in [0.2, 0.25) is 5.02 Å². The van der Waals surface area contributed by atoms with Gasteiger partial charge in [0.05, 0.1) is 10.7 Å². The average Bonchev–Trinajstić information content (AvgIpc) is 2.36. The molecule has 2 heterocycles. The van der Waals surface area contributed by atoms with Crippen LogP contribution in [0.25, 0.3) is 11.3 Å². The molecule has 0 bridgehead atoms. The maximum atomic E-state index is 10.7. The number of rotatable bonds is 4. The van der Waals surface area contributed by atoms with Gasteiger partial charge in [0.1, 0.15) is 11.9 Å². The van der Waals surface area contributed by atoms with E-state index < -0.39 is 10.1 Å². The van der Waals surface area contributed by atoms with E-state index in [4.69, 9.17) is 16.2 Å². The summed E-state index contributed by atoms with van der Waals surface area (Å²) in [6.45, 7) is 1.98. The van der Waals surface area contributed by atoms with Gasteiger partial charge in [-0.25, -0.2) is 0 Å². The molecule has 0 aromatic carbocycles. The van der Waals surface area contributed by atoms with E-state index in [0.717, 1.165) is 11.1 Å². The Morgan fingerprint density at radius 2 is 2.15 bits per heavy atom. The minimum Gasteiger partial charge on any atom is -0.285 e. The number of halogens is 1. The van der Waals surface area contributed by atoms with Gasteiger partial charge >= 0.3 is 0 Å². The van der Waals surface area contributed by atoms with Gasteiger partial charge in [0.2, 0.25) is 0 Å². The summed E-state index contributed by atoms with van der Waals surface area (Å²) in [7, 11) is -3.99. The maximum absolute atomic E-state index is 10.7. The van der Waals surface area contributed by atoms with Crippen molar-refractivity contribution in [3.05, 3.63) is 41.3 Å². The Balaban J connectivity index is 2.19. The zero-order chi connectivity index (χ0) is 14.8. The third-order valence-electron chi connectivity index (χ3n) is 2.60. The first-order valence-corrected chi connectivity index (χ1v) is 7.77. The Labute approximate surface area is 121 Å². The van der Waals surface area contributed by atoms with E-state index in [0.29, 0.717) is 10.7 Å². The molecule has 1 N–H and O–H groups in total.